The maximum absolute atomic E-state index is 11.8. The first-order valence-electron chi connectivity index (χ1n) is 5.86. The molecular formula is C12H20N2O3. The molecule has 1 aromatic heterocycles. The summed E-state index contributed by atoms with van der Waals surface area (Å²) < 4.78 is 5.26. The van der Waals surface area contributed by atoms with Gasteiger partial charge in [0.15, 0.2) is 0 Å². The lowest BCUT2D eigenvalue weighted by molar-refractivity contribution is 0.0566. The van der Waals surface area contributed by atoms with Crippen LogP contribution in [0.25, 0.3) is 0 Å². The number of methoxy groups -OCH3 is 1. The lowest BCUT2D eigenvalue weighted by Crippen LogP contribution is -2.21. The second-order valence-corrected chi connectivity index (χ2v) is 4.40. The monoisotopic (exact) mass is 240 g/mol. The molecule has 1 rings (SSSR count). The van der Waals surface area contributed by atoms with Crippen LogP contribution in [0.2, 0.25) is 0 Å². The van der Waals surface area contributed by atoms with Crippen LogP contribution in [0.15, 0.2) is 4.79 Å². The van der Waals surface area contributed by atoms with Crippen LogP contribution in [0.3, 0.4) is 0 Å². The highest BCUT2D eigenvalue weighted by Crippen LogP contribution is 2.23. The Morgan fingerprint density at radius 3 is 2.53 bits per heavy atom. The number of hydrogen-bond donors (Lipinski definition) is 2. The zero-order valence-electron chi connectivity index (χ0n) is 10.8. The van der Waals surface area contributed by atoms with Gasteiger partial charge in [-0.15, -0.1) is 0 Å². The summed E-state index contributed by atoms with van der Waals surface area (Å²) in [7, 11) is 1.56. The second kappa shape index (κ2) is 5.82. The minimum Gasteiger partial charge on any atom is -0.493 e. The molecule has 2 N–H and O–H groups in total. The number of nitrogens with one attached hydrogen (secondary N) is 1. The summed E-state index contributed by atoms with van der Waals surface area (Å²) in [6, 6.07) is 0. The summed E-state index contributed by atoms with van der Waals surface area (Å²) in [5, 5.41) is 9.74. The summed E-state index contributed by atoms with van der Waals surface area (Å²) in [6.45, 7) is 5.87. The number of nitrogens with zero attached hydrogens (tertiary/aromatic N) is 1. The summed E-state index contributed by atoms with van der Waals surface area (Å²) in [5.41, 5.74) is 0.0620. The molecule has 0 spiro atoms. The maximum atomic E-state index is 11.8. The van der Waals surface area contributed by atoms with E-state index in [9.17, 15) is 9.90 Å². The number of aromatic nitrogens is 2. The van der Waals surface area contributed by atoms with E-state index in [1.807, 2.05) is 20.8 Å². The third-order valence-electron chi connectivity index (χ3n) is 2.64. The SMILES string of the molecule is CCCc1c(O)nc(C(OC)C(C)C)[nH]c1=O. The first-order valence-corrected chi connectivity index (χ1v) is 5.86. The van der Waals surface area contributed by atoms with E-state index in [1.165, 1.54) is 0 Å². The highest BCUT2D eigenvalue weighted by Gasteiger charge is 2.20. The van der Waals surface area contributed by atoms with Crippen LogP contribution in [0.5, 0.6) is 5.88 Å². The highest BCUT2D eigenvalue weighted by atomic mass is 16.5. The van der Waals surface area contributed by atoms with Crippen molar-refractivity contribution in [2.45, 2.75) is 39.7 Å². The maximum Gasteiger partial charge on any atom is 0.258 e. The Morgan fingerprint density at radius 2 is 2.12 bits per heavy atom. The zero-order valence-corrected chi connectivity index (χ0v) is 10.8. The molecule has 0 fully saturated rings. The van der Waals surface area contributed by atoms with E-state index in [-0.39, 0.29) is 23.5 Å². The molecule has 0 aromatic carbocycles. The standard InChI is InChI=1S/C12H20N2O3/c1-5-6-8-11(15)13-10(14-12(8)16)9(17-4)7(2)3/h7,9H,5-6H2,1-4H3,(H2,13,14,15,16). The van der Waals surface area contributed by atoms with Crippen molar-refractivity contribution in [1.82, 2.24) is 9.97 Å². The molecule has 0 aliphatic carbocycles. The van der Waals surface area contributed by atoms with Gasteiger partial charge in [-0.2, -0.15) is 4.98 Å². The molecule has 0 aliphatic rings. The van der Waals surface area contributed by atoms with Crippen molar-refractivity contribution in [1.29, 1.82) is 0 Å². The lowest BCUT2D eigenvalue weighted by Gasteiger charge is -2.18. The van der Waals surface area contributed by atoms with Crippen molar-refractivity contribution in [3.8, 4) is 5.88 Å². The zero-order chi connectivity index (χ0) is 13.0. The summed E-state index contributed by atoms with van der Waals surface area (Å²) in [4.78, 5) is 18.5. The molecule has 0 bridgehead atoms. The van der Waals surface area contributed by atoms with E-state index < -0.39 is 0 Å². The fourth-order valence-electron chi connectivity index (χ4n) is 1.81. The molecule has 0 amide bonds. The summed E-state index contributed by atoms with van der Waals surface area (Å²) in [6.07, 6.45) is 0.993. The van der Waals surface area contributed by atoms with Gasteiger partial charge in [-0.05, 0) is 12.3 Å². The van der Waals surface area contributed by atoms with Crippen LogP contribution in [-0.4, -0.2) is 22.2 Å². The number of hydrogen-bond acceptors (Lipinski definition) is 4. The van der Waals surface area contributed by atoms with Gasteiger partial charge in [0.2, 0.25) is 5.88 Å². The highest BCUT2D eigenvalue weighted by molar-refractivity contribution is 5.23. The molecule has 1 heterocycles. The summed E-state index contributed by atoms with van der Waals surface area (Å²) >= 11 is 0. The molecule has 0 saturated heterocycles. The normalized spacial score (nSPS) is 13.0. The van der Waals surface area contributed by atoms with Gasteiger partial charge >= 0.3 is 0 Å². The van der Waals surface area contributed by atoms with Crippen LogP contribution < -0.4 is 5.56 Å². The molecule has 1 atom stereocenters. The van der Waals surface area contributed by atoms with Crippen molar-refractivity contribution in [3.63, 3.8) is 0 Å². The van der Waals surface area contributed by atoms with Crippen LogP contribution in [0.4, 0.5) is 0 Å². The van der Waals surface area contributed by atoms with E-state index >= 15 is 0 Å². The molecule has 0 saturated carbocycles. The van der Waals surface area contributed by atoms with Crippen molar-refractivity contribution in [2.24, 2.45) is 5.92 Å². The van der Waals surface area contributed by atoms with Crippen LogP contribution >= 0.6 is 0 Å². The predicted molar refractivity (Wildman–Crippen MR) is 65.1 cm³/mol. The Labute approximate surface area is 101 Å². The Bertz CT molecular complexity index is 426. The molecule has 1 aromatic rings. The molecular weight excluding hydrogens is 220 g/mol. The number of rotatable bonds is 5. The van der Waals surface area contributed by atoms with E-state index in [4.69, 9.17) is 4.74 Å². The number of aromatic hydroxyl groups is 1. The second-order valence-electron chi connectivity index (χ2n) is 4.40. The Kier molecular flexibility index (Phi) is 4.69. The minimum absolute atomic E-state index is 0.166. The Balaban J connectivity index is 3.17. The molecule has 5 nitrogen and oxygen atoms in total. The number of ether oxygens (including phenoxy) is 1. The van der Waals surface area contributed by atoms with Crippen molar-refractivity contribution in [3.05, 3.63) is 21.7 Å². The van der Waals surface area contributed by atoms with E-state index in [2.05, 4.69) is 9.97 Å². The Morgan fingerprint density at radius 1 is 1.47 bits per heavy atom. The van der Waals surface area contributed by atoms with Gasteiger partial charge in [-0.3, -0.25) is 4.79 Å². The molecule has 17 heavy (non-hydrogen) atoms. The van der Waals surface area contributed by atoms with Crippen molar-refractivity contribution < 1.29 is 9.84 Å². The first kappa shape index (κ1) is 13.7. The number of aromatic amines is 1. The molecule has 0 radical (unpaired) electrons. The van der Waals surface area contributed by atoms with Crippen LogP contribution in [0.1, 0.15) is 44.7 Å². The van der Waals surface area contributed by atoms with Gasteiger partial charge in [0.05, 0.1) is 5.56 Å². The smallest absolute Gasteiger partial charge is 0.258 e. The minimum atomic E-state index is -0.315. The number of H-pyrrole nitrogens is 1. The van der Waals surface area contributed by atoms with E-state index in [1.54, 1.807) is 7.11 Å². The summed E-state index contributed by atoms with van der Waals surface area (Å²) in [5.74, 6) is 0.359. The van der Waals surface area contributed by atoms with Gasteiger partial charge in [-0.25, -0.2) is 0 Å². The third kappa shape index (κ3) is 3.06. The quantitative estimate of drug-likeness (QED) is 0.822. The fraction of sp³-hybridized carbons (Fsp3) is 0.667. The molecule has 0 aliphatic heterocycles. The van der Waals surface area contributed by atoms with Crippen LogP contribution in [0, 0.1) is 5.92 Å². The fourth-order valence-corrected chi connectivity index (χ4v) is 1.81. The first-order chi connectivity index (χ1) is 8.01. The molecule has 1 unspecified atom stereocenters. The molecule has 96 valence electrons. The Hall–Kier alpha value is -1.36. The lowest BCUT2D eigenvalue weighted by atomic mass is 10.1. The van der Waals surface area contributed by atoms with Gasteiger partial charge < -0.3 is 14.8 Å². The van der Waals surface area contributed by atoms with E-state index in [0.29, 0.717) is 17.8 Å². The topological polar surface area (TPSA) is 75.2 Å². The van der Waals surface area contributed by atoms with Gasteiger partial charge in [-0.1, -0.05) is 27.2 Å². The van der Waals surface area contributed by atoms with Gasteiger partial charge in [0.25, 0.3) is 5.56 Å². The third-order valence-corrected chi connectivity index (χ3v) is 2.64. The van der Waals surface area contributed by atoms with E-state index in [0.717, 1.165) is 6.42 Å². The van der Waals surface area contributed by atoms with Gasteiger partial charge in [0, 0.05) is 7.11 Å². The average Bonchev–Trinajstić information content (AvgIpc) is 2.24. The van der Waals surface area contributed by atoms with Crippen molar-refractivity contribution >= 4 is 0 Å². The van der Waals surface area contributed by atoms with Gasteiger partial charge in [0.1, 0.15) is 11.9 Å². The van der Waals surface area contributed by atoms with Crippen molar-refractivity contribution in [2.75, 3.05) is 7.11 Å². The molecule has 5 heteroatoms. The van der Waals surface area contributed by atoms with Crippen LogP contribution in [-0.2, 0) is 11.2 Å². The predicted octanol–water partition coefficient (Wildman–Crippen LogP) is 1.77. The largest absolute Gasteiger partial charge is 0.493 e. The average molecular weight is 240 g/mol.